The summed E-state index contributed by atoms with van der Waals surface area (Å²) < 4.78 is 5.26. The Kier molecular flexibility index (Phi) is 3.40. The standard InChI is InChI=1S/C12H14N4O/c1-17-10-5-3-2-4-9(10)6-15-12-8-14-7-11(13)16-12/h2-5,7-8H,6H2,1H3,(H3,13,15,16). The van der Waals surface area contributed by atoms with E-state index in [0.29, 0.717) is 18.2 Å². The molecule has 2 rings (SSSR count). The average molecular weight is 230 g/mol. The van der Waals surface area contributed by atoms with Crippen LogP contribution in [-0.4, -0.2) is 17.1 Å². The number of ether oxygens (including phenoxy) is 1. The van der Waals surface area contributed by atoms with Crippen LogP contribution in [-0.2, 0) is 6.54 Å². The van der Waals surface area contributed by atoms with Crippen LogP contribution in [0.1, 0.15) is 5.56 Å². The van der Waals surface area contributed by atoms with Crippen LogP contribution >= 0.6 is 0 Å². The van der Waals surface area contributed by atoms with Crippen LogP contribution in [0.4, 0.5) is 11.6 Å². The lowest BCUT2D eigenvalue weighted by Gasteiger charge is -2.09. The minimum atomic E-state index is 0.398. The third kappa shape index (κ3) is 2.84. The van der Waals surface area contributed by atoms with E-state index < -0.39 is 0 Å². The number of nitrogens with one attached hydrogen (secondary N) is 1. The highest BCUT2D eigenvalue weighted by molar-refractivity contribution is 5.41. The van der Waals surface area contributed by atoms with Gasteiger partial charge in [0.1, 0.15) is 17.4 Å². The van der Waals surface area contributed by atoms with E-state index in [4.69, 9.17) is 10.5 Å². The van der Waals surface area contributed by atoms with Crippen LogP contribution in [0.25, 0.3) is 0 Å². The van der Waals surface area contributed by atoms with E-state index in [-0.39, 0.29) is 0 Å². The molecule has 3 N–H and O–H groups in total. The normalized spacial score (nSPS) is 9.94. The van der Waals surface area contributed by atoms with Gasteiger partial charge in [0, 0.05) is 12.1 Å². The minimum absolute atomic E-state index is 0.398. The molecule has 1 aromatic carbocycles. The number of benzene rings is 1. The smallest absolute Gasteiger partial charge is 0.147 e. The molecule has 1 aromatic heterocycles. The van der Waals surface area contributed by atoms with E-state index in [0.717, 1.165) is 11.3 Å². The molecule has 0 atom stereocenters. The highest BCUT2D eigenvalue weighted by Gasteiger charge is 2.02. The van der Waals surface area contributed by atoms with Crippen LogP contribution in [0.15, 0.2) is 36.7 Å². The van der Waals surface area contributed by atoms with Gasteiger partial charge in [-0.25, -0.2) is 4.98 Å². The molecular formula is C12H14N4O. The molecule has 0 radical (unpaired) electrons. The van der Waals surface area contributed by atoms with E-state index in [2.05, 4.69) is 15.3 Å². The Morgan fingerprint density at radius 2 is 2.12 bits per heavy atom. The van der Waals surface area contributed by atoms with Crippen molar-refractivity contribution in [2.45, 2.75) is 6.54 Å². The lowest BCUT2D eigenvalue weighted by Crippen LogP contribution is -2.04. The summed E-state index contributed by atoms with van der Waals surface area (Å²) in [4.78, 5) is 8.06. The number of rotatable bonds is 4. The Bertz CT molecular complexity index is 501. The molecule has 0 spiro atoms. The second-order valence-corrected chi connectivity index (χ2v) is 3.49. The molecule has 0 amide bonds. The van der Waals surface area contributed by atoms with Crippen molar-refractivity contribution in [3.8, 4) is 5.75 Å². The van der Waals surface area contributed by atoms with Crippen molar-refractivity contribution in [1.29, 1.82) is 0 Å². The van der Waals surface area contributed by atoms with Gasteiger partial charge in [-0.15, -0.1) is 0 Å². The van der Waals surface area contributed by atoms with Gasteiger partial charge in [0.2, 0.25) is 0 Å². The first-order valence-electron chi connectivity index (χ1n) is 5.23. The summed E-state index contributed by atoms with van der Waals surface area (Å²) in [6.45, 7) is 0.613. The fourth-order valence-corrected chi connectivity index (χ4v) is 1.50. The zero-order valence-corrected chi connectivity index (χ0v) is 9.55. The molecule has 0 bridgehead atoms. The first-order valence-corrected chi connectivity index (χ1v) is 5.23. The molecular weight excluding hydrogens is 216 g/mol. The van der Waals surface area contributed by atoms with Crippen molar-refractivity contribution in [2.24, 2.45) is 0 Å². The number of nitrogens with two attached hydrogens (primary N) is 1. The van der Waals surface area contributed by atoms with Crippen molar-refractivity contribution in [2.75, 3.05) is 18.2 Å². The molecule has 5 heteroatoms. The highest BCUT2D eigenvalue weighted by Crippen LogP contribution is 2.18. The highest BCUT2D eigenvalue weighted by atomic mass is 16.5. The Morgan fingerprint density at radius 3 is 2.88 bits per heavy atom. The van der Waals surface area contributed by atoms with Gasteiger partial charge in [-0.2, -0.15) is 0 Å². The topological polar surface area (TPSA) is 73.1 Å². The van der Waals surface area contributed by atoms with E-state index in [1.807, 2.05) is 24.3 Å². The van der Waals surface area contributed by atoms with E-state index in [1.165, 1.54) is 6.20 Å². The van der Waals surface area contributed by atoms with Crippen molar-refractivity contribution in [3.63, 3.8) is 0 Å². The molecule has 88 valence electrons. The molecule has 17 heavy (non-hydrogen) atoms. The van der Waals surface area contributed by atoms with Gasteiger partial charge in [-0.05, 0) is 6.07 Å². The zero-order chi connectivity index (χ0) is 12.1. The predicted molar refractivity (Wildman–Crippen MR) is 66.8 cm³/mol. The number of nitrogen functional groups attached to an aromatic ring is 1. The summed E-state index contributed by atoms with van der Waals surface area (Å²) in [6.07, 6.45) is 3.14. The zero-order valence-electron chi connectivity index (χ0n) is 9.55. The summed E-state index contributed by atoms with van der Waals surface area (Å²) in [6, 6.07) is 7.81. The maximum Gasteiger partial charge on any atom is 0.147 e. The number of hydrogen-bond donors (Lipinski definition) is 2. The van der Waals surface area contributed by atoms with Crippen molar-refractivity contribution >= 4 is 11.6 Å². The molecule has 5 nitrogen and oxygen atoms in total. The summed E-state index contributed by atoms with van der Waals surface area (Å²) in [5.41, 5.74) is 6.60. The largest absolute Gasteiger partial charge is 0.496 e. The molecule has 0 fully saturated rings. The van der Waals surface area contributed by atoms with Gasteiger partial charge in [0.25, 0.3) is 0 Å². The van der Waals surface area contributed by atoms with Gasteiger partial charge in [-0.1, -0.05) is 18.2 Å². The lowest BCUT2D eigenvalue weighted by molar-refractivity contribution is 0.410. The number of methoxy groups -OCH3 is 1. The minimum Gasteiger partial charge on any atom is -0.496 e. The van der Waals surface area contributed by atoms with E-state index in [9.17, 15) is 0 Å². The van der Waals surface area contributed by atoms with E-state index in [1.54, 1.807) is 13.3 Å². The monoisotopic (exact) mass is 230 g/mol. The first-order chi connectivity index (χ1) is 8.29. The fraction of sp³-hybridized carbons (Fsp3) is 0.167. The van der Waals surface area contributed by atoms with Gasteiger partial charge in [0.05, 0.1) is 19.5 Å². The second kappa shape index (κ2) is 5.16. The maximum absolute atomic E-state index is 5.55. The Labute approximate surface area is 99.7 Å². The first kappa shape index (κ1) is 11.2. The quantitative estimate of drug-likeness (QED) is 0.836. The van der Waals surface area contributed by atoms with Crippen LogP contribution in [0.2, 0.25) is 0 Å². The van der Waals surface area contributed by atoms with E-state index >= 15 is 0 Å². The summed E-state index contributed by atoms with van der Waals surface area (Å²) in [5.74, 6) is 1.89. The molecule has 0 aliphatic rings. The number of anilines is 2. The third-order valence-electron chi connectivity index (χ3n) is 2.31. The molecule has 0 aliphatic carbocycles. The number of nitrogens with zero attached hydrogens (tertiary/aromatic N) is 2. The number of hydrogen-bond acceptors (Lipinski definition) is 5. The van der Waals surface area contributed by atoms with Crippen molar-refractivity contribution in [1.82, 2.24) is 9.97 Å². The van der Waals surface area contributed by atoms with Crippen LogP contribution < -0.4 is 15.8 Å². The predicted octanol–water partition coefficient (Wildman–Crippen LogP) is 1.68. The summed E-state index contributed by atoms with van der Waals surface area (Å²) >= 11 is 0. The molecule has 0 saturated carbocycles. The molecule has 2 aromatic rings. The summed E-state index contributed by atoms with van der Waals surface area (Å²) in [5, 5.41) is 3.14. The maximum atomic E-state index is 5.55. The van der Waals surface area contributed by atoms with Crippen LogP contribution in [0.3, 0.4) is 0 Å². The molecule has 0 unspecified atom stereocenters. The second-order valence-electron chi connectivity index (χ2n) is 3.49. The van der Waals surface area contributed by atoms with Crippen LogP contribution in [0.5, 0.6) is 5.75 Å². The number of aromatic nitrogens is 2. The molecule has 1 heterocycles. The van der Waals surface area contributed by atoms with Gasteiger partial charge < -0.3 is 15.8 Å². The summed E-state index contributed by atoms with van der Waals surface area (Å²) in [7, 11) is 1.65. The Hall–Kier alpha value is -2.30. The van der Waals surface area contributed by atoms with Gasteiger partial charge in [0.15, 0.2) is 0 Å². The van der Waals surface area contributed by atoms with Crippen molar-refractivity contribution < 1.29 is 4.74 Å². The fourth-order valence-electron chi connectivity index (χ4n) is 1.50. The van der Waals surface area contributed by atoms with Gasteiger partial charge >= 0.3 is 0 Å². The molecule has 0 saturated heterocycles. The SMILES string of the molecule is COc1ccccc1CNc1cncc(N)n1. The Morgan fingerprint density at radius 1 is 1.29 bits per heavy atom. The third-order valence-corrected chi connectivity index (χ3v) is 2.31. The lowest BCUT2D eigenvalue weighted by atomic mass is 10.2. The van der Waals surface area contributed by atoms with Gasteiger partial charge in [-0.3, -0.25) is 4.98 Å². The van der Waals surface area contributed by atoms with Crippen molar-refractivity contribution in [3.05, 3.63) is 42.2 Å². The average Bonchev–Trinajstić information content (AvgIpc) is 2.37. The molecule has 0 aliphatic heterocycles. The Balaban J connectivity index is 2.07. The number of para-hydroxylation sites is 1. The van der Waals surface area contributed by atoms with Crippen LogP contribution in [0, 0.1) is 0 Å².